The summed E-state index contributed by atoms with van der Waals surface area (Å²) in [6.45, 7) is 6.10. The van der Waals surface area contributed by atoms with Gasteiger partial charge in [0, 0.05) is 5.57 Å². The number of rotatable bonds is 2. The fourth-order valence-corrected chi connectivity index (χ4v) is 0.366. The van der Waals surface area contributed by atoms with Gasteiger partial charge in [-0.2, -0.15) is 0 Å². The van der Waals surface area contributed by atoms with Crippen LogP contribution in [0.3, 0.4) is 0 Å². The van der Waals surface area contributed by atoms with Crippen molar-refractivity contribution in [3.05, 3.63) is 23.5 Å². The minimum atomic E-state index is -0.854. The van der Waals surface area contributed by atoms with Gasteiger partial charge in [-0.15, -0.1) is 0 Å². The molecule has 0 unspecified atom stereocenters. The van der Waals surface area contributed by atoms with Gasteiger partial charge in [0.15, 0.2) is 0 Å². The molecule has 0 saturated heterocycles. The van der Waals surface area contributed by atoms with Crippen LogP contribution in [0.25, 0.3) is 0 Å². The summed E-state index contributed by atoms with van der Waals surface area (Å²) in [4.78, 5) is 21.8. The molecule has 0 rings (SSSR count). The third-order valence-corrected chi connectivity index (χ3v) is 1.27. The number of carbonyl (C=O) groups excluding carboxylic acids is 2. The van der Waals surface area contributed by atoms with Crippen molar-refractivity contribution in [3.63, 3.8) is 0 Å². The number of esters is 2. The van der Waals surface area contributed by atoms with E-state index in [0.717, 1.165) is 0 Å². The van der Waals surface area contributed by atoms with E-state index in [1.165, 1.54) is 13.8 Å². The molecule has 0 aromatic rings. The van der Waals surface area contributed by atoms with Crippen molar-refractivity contribution in [1.82, 2.24) is 0 Å². The van der Waals surface area contributed by atoms with Gasteiger partial charge in [0.1, 0.15) is 5.82 Å². The zero-order valence-corrected chi connectivity index (χ0v) is 7.59. The molecule has 5 nitrogen and oxygen atoms in total. The Morgan fingerprint density at radius 1 is 1.15 bits per heavy atom. The highest BCUT2D eigenvalue weighted by atomic mass is 16.6. The van der Waals surface area contributed by atoms with Crippen molar-refractivity contribution in [2.75, 3.05) is 0 Å². The second kappa shape index (κ2) is 4.30. The fourth-order valence-electron chi connectivity index (χ4n) is 0.366. The molecule has 5 heteroatoms. The normalized spacial score (nSPS) is 8.77. The Labute approximate surface area is 76.0 Å². The first-order valence-electron chi connectivity index (χ1n) is 3.50. The molecule has 0 aliphatic heterocycles. The van der Waals surface area contributed by atoms with E-state index in [4.69, 9.17) is 11.5 Å². The molecule has 0 atom stereocenters. The van der Waals surface area contributed by atoms with Crippen LogP contribution < -0.4 is 11.5 Å². The first-order valence-corrected chi connectivity index (χ1v) is 3.50. The largest absolute Gasteiger partial charge is 0.386 e. The van der Waals surface area contributed by atoms with E-state index in [1.54, 1.807) is 0 Å². The minimum absolute atomic E-state index is 0.00889. The van der Waals surface area contributed by atoms with E-state index < -0.39 is 11.9 Å². The van der Waals surface area contributed by atoms with Gasteiger partial charge in [-0.25, -0.2) is 9.59 Å². The lowest BCUT2D eigenvalue weighted by atomic mass is 10.3. The van der Waals surface area contributed by atoms with Gasteiger partial charge in [0.05, 0.1) is 5.57 Å². The van der Waals surface area contributed by atoms with Crippen LogP contribution in [-0.2, 0) is 14.3 Å². The number of hydrogen-bond acceptors (Lipinski definition) is 5. The highest BCUT2D eigenvalue weighted by Crippen LogP contribution is 2.00. The van der Waals surface area contributed by atoms with Crippen molar-refractivity contribution >= 4 is 11.9 Å². The maximum absolute atomic E-state index is 11.0. The zero-order valence-electron chi connectivity index (χ0n) is 7.59. The molecule has 0 aromatic carbocycles. The molecule has 0 aliphatic rings. The molecule has 0 heterocycles. The van der Waals surface area contributed by atoms with Gasteiger partial charge >= 0.3 is 11.9 Å². The second-order valence-electron chi connectivity index (χ2n) is 2.54. The molecule has 72 valence electrons. The van der Waals surface area contributed by atoms with E-state index >= 15 is 0 Å². The van der Waals surface area contributed by atoms with E-state index in [2.05, 4.69) is 11.3 Å². The van der Waals surface area contributed by atoms with Crippen molar-refractivity contribution in [2.24, 2.45) is 11.5 Å². The molecule has 0 saturated carbocycles. The lowest BCUT2D eigenvalue weighted by Crippen LogP contribution is -2.20. The average molecular weight is 184 g/mol. The van der Waals surface area contributed by atoms with E-state index in [0.29, 0.717) is 0 Å². The van der Waals surface area contributed by atoms with Crippen LogP contribution in [0.5, 0.6) is 0 Å². The molecule has 0 radical (unpaired) electrons. The van der Waals surface area contributed by atoms with E-state index in [9.17, 15) is 9.59 Å². The Morgan fingerprint density at radius 3 is 1.92 bits per heavy atom. The summed E-state index contributed by atoms with van der Waals surface area (Å²) in [6.07, 6.45) is 0. The van der Waals surface area contributed by atoms with Gasteiger partial charge in [-0.3, -0.25) is 0 Å². The third kappa shape index (κ3) is 3.42. The van der Waals surface area contributed by atoms with Crippen LogP contribution in [0.2, 0.25) is 0 Å². The average Bonchev–Trinajstić information content (AvgIpc) is 2.02. The highest BCUT2D eigenvalue weighted by molar-refractivity contribution is 6.01. The summed E-state index contributed by atoms with van der Waals surface area (Å²) in [5.41, 5.74) is 10.4. The van der Waals surface area contributed by atoms with E-state index in [1.807, 2.05) is 0 Å². The maximum Gasteiger partial charge on any atom is 0.345 e. The zero-order chi connectivity index (χ0) is 10.6. The fraction of sp³-hybridized carbons (Fsp3) is 0.250. The third-order valence-electron chi connectivity index (χ3n) is 1.27. The summed E-state index contributed by atoms with van der Waals surface area (Å²) < 4.78 is 4.34. The van der Waals surface area contributed by atoms with Crippen LogP contribution in [0.15, 0.2) is 23.5 Å². The summed E-state index contributed by atoms with van der Waals surface area (Å²) in [6, 6.07) is 0. The summed E-state index contributed by atoms with van der Waals surface area (Å²) in [5.74, 6) is -1.81. The van der Waals surface area contributed by atoms with Crippen molar-refractivity contribution in [3.8, 4) is 0 Å². The van der Waals surface area contributed by atoms with Crippen LogP contribution in [0.1, 0.15) is 13.8 Å². The molecule has 0 spiro atoms. The molecule has 0 aromatic heterocycles. The predicted molar refractivity (Wildman–Crippen MR) is 47.0 cm³/mol. The molecule has 13 heavy (non-hydrogen) atoms. The van der Waals surface area contributed by atoms with Gasteiger partial charge in [-0.05, 0) is 13.8 Å². The molecule has 4 N–H and O–H groups in total. The van der Waals surface area contributed by atoms with Gasteiger partial charge < -0.3 is 16.2 Å². The predicted octanol–water partition coefficient (Wildman–Crippen LogP) is -0.219. The highest BCUT2D eigenvalue weighted by Gasteiger charge is 2.14. The van der Waals surface area contributed by atoms with Crippen molar-refractivity contribution in [1.29, 1.82) is 0 Å². The van der Waals surface area contributed by atoms with Crippen LogP contribution >= 0.6 is 0 Å². The Balaban J connectivity index is 4.43. The lowest BCUT2D eigenvalue weighted by Gasteiger charge is -2.02. The molecule has 0 amide bonds. The van der Waals surface area contributed by atoms with Gasteiger partial charge in [0.25, 0.3) is 0 Å². The maximum atomic E-state index is 11.0. The molecule has 0 bridgehead atoms. The molecule has 0 fully saturated rings. The first-order chi connectivity index (χ1) is 5.86. The summed E-state index contributed by atoms with van der Waals surface area (Å²) >= 11 is 0. The second-order valence-corrected chi connectivity index (χ2v) is 2.54. The quantitative estimate of drug-likeness (QED) is 0.351. The monoisotopic (exact) mass is 184 g/mol. The van der Waals surface area contributed by atoms with Gasteiger partial charge in [-0.1, -0.05) is 6.58 Å². The number of hydrogen-bond donors (Lipinski definition) is 2. The lowest BCUT2D eigenvalue weighted by molar-refractivity contribution is -0.153. The van der Waals surface area contributed by atoms with Crippen LogP contribution in [-0.4, -0.2) is 11.9 Å². The number of nitrogens with two attached hydrogens (primary N) is 2. The van der Waals surface area contributed by atoms with Gasteiger partial charge in [0.2, 0.25) is 0 Å². The SMILES string of the molecule is C=C(C)C(=O)OC(=O)C(C)=C(N)N. The Morgan fingerprint density at radius 2 is 1.62 bits per heavy atom. The van der Waals surface area contributed by atoms with Crippen LogP contribution in [0, 0.1) is 0 Å². The van der Waals surface area contributed by atoms with Crippen LogP contribution in [0.4, 0.5) is 0 Å². The minimum Gasteiger partial charge on any atom is -0.386 e. The number of carbonyl (C=O) groups is 2. The molecular formula is C8H12N2O3. The topological polar surface area (TPSA) is 95.4 Å². The Hall–Kier alpha value is -1.78. The van der Waals surface area contributed by atoms with E-state index in [-0.39, 0.29) is 17.0 Å². The Bertz CT molecular complexity index is 288. The summed E-state index contributed by atoms with van der Waals surface area (Å²) in [5, 5.41) is 0. The molecule has 0 aliphatic carbocycles. The number of ether oxygens (including phenoxy) is 1. The smallest absolute Gasteiger partial charge is 0.345 e. The standard InChI is InChI=1S/C8H12N2O3/c1-4(2)7(11)13-8(12)5(3)6(9)10/h1,9-10H2,2-3H3. The molecular weight excluding hydrogens is 172 g/mol. The Kier molecular flexibility index (Phi) is 3.71. The summed E-state index contributed by atoms with van der Waals surface area (Å²) in [7, 11) is 0. The first kappa shape index (κ1) is 11.2. The van der Waals surface area contributed by atoms with Crippen molar-refractivity contribution in [2.45, 2.75) is 13.8 Å². The van der Waals surface area contributed by atoms with Crippen molar-refractivity contribution < 1.29 is 14.3 Å².